The second-order valence-corrected chi connectivity index (χ2v) is 7.66. The number of nitrogens with zero attached hydrogens (tertiary/aromatic N) is 3. The lowest BCUT2D eigenvalue weighted by Crippen LogP contribution is -2.17. The monoisotopic (exact) mass is 400 g/mol. The zero-order chi connectivity index (χ0) is 20.5. The summed E-state index contributed by atoms with van der Waals surface area (Å²) in [5.41, 5.74) is 1.61. The molecular weight excluding hydrogens is 378 g/mol. The van der Waals surface area contributed by atoms with E-state index in [1.54, 1.807) is 16.7 Å². The number of alkyl halides is 2. The number of imidazole rings is 1. The first-order valence-corrected chi connectivity index (χ1v) is 9.62. The van der Waals surface area contributed by atoms with Gasteiger partial charge in [0.25, 0.3) is 12.3 Å². The van der Waals surface area contributed by atoms with E-state index in [0.29, 0.717) is 29.5 Å². The third-order valence-electron chi connectivity index (χ3n) is 4.62. The van der Waals surface area contributed by atoms with Crippen molar-refractivity contribution in [3.63, 3.8) is 0 Å². The molecule has 0 aliphatic heterocycles. The van der Waals surface area contributed by atoms with Crippen LogP contribution in [-0.4, -0.2) is 26.9 Å². The Bertz CT molecular complexity index is 1040. The highest BCUT2D eigenvalue weighted by Gasteiger charge is 2.27. The predicted molar refractivity (Wildman–Crippen MR) is 105 cm³/mol. The first kappa shape index (κ1) is 19.3. The highest BCUT2D eigenvalue weighted by Crippen LogP contribution is 2.39. The molecule has 0 aromatic carbocycles. The number of hydrogen-bond donors (Lipinski definition) is 1. The number of nitrogens with one attached hydrogen (secondary N) is 1. The number of rotatable bonds is 7. The molecule has 152 valence electrons. The molecule has 0 saturated heterocycles. The molecule has 29 heavy (non-hydrogen) atoms. The van der Waals surface area contributed by atoms with E-state index in [4.69, 9.17) is 4.74 Å². The van der Waals surface area contributed by atoms with Crippen molar-refractivity contribution in [1.29, 1.82) is 0 Å². The molecule has 1 aliphatic carbocycles. The van der Waals surface area contributed by atoms with Gasteiger partial charge >= 0.3 is 0 Å². The van der Waals surface area contributed by atoms with E-state index in [2.05, 4.69) is 15.3 Å². The topological polar surface area (TPSA) is 68.5 Å². The number of carbonyl (C=O) groups is 1. The molecule has 0 radical (unpaired) electrons. The lowest BCUT2D eigenvalue weighted by atomic mass is 10.2. The molecule has 8 heteroatoms. The van der Waals surface area contributed by atoms with Gasteiger partial charge in [0.1, 0.15) is 22.9 Å². The number of aromatic nitrogens is 3. The molecule has 1 aliphatic rings. The summed E-state index contributed by atoms with van der Waals surface area (Å²) in [6.07, 6.45) is 3.13. The molecule has 3 aromatic heterocycles. The minimum Gasteiger partial charge on any atom is -0.492 e. The highest BCUT2D eigenvalue weighted by molar-refractivity contribution is 6.05. The number of pyridine rings is 2. The Morgan fingerprint density at radius 1 is 1.28 bits per heavy atom. The number of anilines is 1. The summed E-state index contributed by atoms with van der Waals surface area (Å²) in [5, 5.41) is 2.59. The van der Waals surface area contributed by atoms with E-state index in [1.165, 1.54) is 18.2 Å². The van der Waals surface area contributed by atoms with Crippen LogP contribution in [0.15, 0.2) is 36.7 Å². The van der Waals surface area contributed by atoms with Crippen molar-refractivity contribution in [3.05, 3.63) is 53.6 Å². The normalized spacial score (nSPS) is 14.0. The molecule has 0 bridgehead atoms. The first-order valence-electron chi connectivity index (χ1n) is 9.62. The van der Waals surface area contributed by atoms with E-state index in [1.807, 2.05) is 20.0 Å². The van der Waals surface area contributed by atoms with Crippen LogP contribution in [0.2, 0.25) is 0 Å². The van der Waals surface area contributed by atoms with Gasteiger partial charge in [0.05, 0.1) is 17.9 Å². The van der Waals surface area contributed by atoms with Crippen molar-refractivity contribution in [2.45, 2.75) is 39.0 Å². The van der Waals surface area contributed by atoms with Crippen molar-refractivity contribution in [1.82, 2.24) is 14.4 Å². The van der Waals surface area contributed by atoms with Gasteiger partial charge in [-0.05, 0) is 30.9 Å². The molecule has 1 fully saturated rings. The van der Waals surface area contributed by atoms with Gasteiger partial charge in [-0.1, -0.05) is 19.9 Å². The molecule has 0 spiro atoms. The van der Waals surface area contributed by atoms with Gasteiger partial charge < -0.3 is 14.5 Å². The van der Waals surface area contributed by atoms with E-state index in [0.717, 1.165) is 18.5 Å². The van der Waals surface area contributed by atoms with Crippen LogP contribution in [0, 0.1) is 5.92 Å². The molecule has 0 unspecified atom stereocenters. The van der Waals surface area contributed by atoms with Crippen LogP contribution in [0.5, 0.6) is 5.75 Å². The summed E-state index contributed by atoms with van der Waals surface area (Å²) in [5.74, 6) is 0.738. The SMILES string of the molecule is CC(C)COc1cc2nc(C3CC3)cn2cc1C(=O)Nc1cccc(C(F)F)n1. The minimum absolute atomic E-state index is 0.0620. The molecule has 1 N–H and O–H groups in total. The minimum atomic E-state index is -2.71. The van der Waals surface area contributed by atoms with E-state index in [-0.39, 0.29) is 11.7 Å². The van der Waals surface area contributed by atoms with Gasteiger partial charge in [-0.15, -0.1) is 0 Å². The number of ether oxygens (including phenoxy) is 1. The average molecular weight is 400 g/mol. The van der Waals surface area contributed by atoms with E-state index < -0.39 is 18.0 Å². The molecule has 1 saturated carbocycles. The van der Waals surface area contributed by atoms with Crippen LogP contribution in [0.3, 0.4) is 0 Å². The van der Waals surface area contributed by atoms with Crippen molar-refractivity contribution in [2.75, 3.05) is 11.9 Å². The lowest BCUT2D eigenvalue weighted by Gasteiger charge is -2.14. The zero-order valence-corrected chi connectivity index (χ0v) is 16.2. The van der Waals surface area contributed by atoms with E-state index >= 15 is 0 Å². The molecule has 3 aromatic rings. The van der Waals surface area contributed by atoms with Crippen LogP contribution in [0.25, 0.3) is 5.65 Å². The summed E-state index contributed by atoms with van der Waals surface area (Å²) in [6, 6.07) is 5.86. The maximum absolute atomic E-state index is 12.9. The Morgan fingerprint density at radius 3 is 2.76 bits per heavy atom. The third kappa shape index (κ3) is 4.36. The Balaban J connectivity index is 1.66. The Hall–Kier alpha value is -3.03. The van der Waals surface area contributed by atoms with Gasteiger partial charge in [0.2, 0.25) is 0 Å². The summed E-state index contributed by atoms with van der Waals surface area (Å²) in [7, 11) is 0. The maximum Gasteiger partial charge on any atom is 0.280 e. The first-order chi connectivity index (χ1) is 13.9. The molecule has 6 nitrogen and oxygen atoms in total. The molecule has 1 amide bonds. The average Bonchev–Trinajstić information content (AvgIpc) is 3.45. The van der Waals surface area contributed by atoms with Gasteiger partial charge in [0, 0.05) is 24.4 Å². The van der Waals surface area contributed by atoms with Crippen LogP contribution >= 0.6 is 0 Å². The fourth-order valence-corrected chi connectivity index (χ4v) is 2.98. The Morgan fingerprint density at radius 2 is 2.07 bits per heavy atom. The number of amides is 1. The summed E-state index contributed by atoms with van der Waals surface area (Å²) in [4.78, 5) is 21.3. The Labute approximate surface area is 166 Å². The molecule has 0 atom stereocenters. The number of hydrogen-bond acceptors (Lipinski definition) is 4. The quantitative estimate of drug-likeness (QED) is 0.617. The van der Waals surface area contributed by atoms with Crippen molar-refractivity contribution in [2.24, 2.45) is 5.92 Å². The number of fused-ring (bicyclic) bond motifs is 1. The summed E-state index contributed by atoms with van der Waals surface area (Å²) >= 11 is 0. The van der Waals surface area contributed by atoms with Crippen LogP contribution in [0.4, 0.5) is 14.6 Å². The Kier molecular flexibility index (Phi) is 5.17. The molecule has 4 rings (SSSR count). The summed E-state index contributed by atoms with van der Waals surface area (Å²) in [6.45, 7) is 4.46. The summed E-state index contributed by atoms with van der Waals surface area (Å²) < 4.78 is 33.4. The van der Waals surface area contributed by atoms with Crippen molar-refractivity contribution >= 4 is 17.4 Å². The smallest absolute Gasteiger partial charge is 0.280 e. The second-order valence-electron chi connectivity index (χ2n) is 7.66. The molecule has 3 heterocycles. The van der Waals surface area contributed by atoms with Gasteiger partial charge in [0.15, 0.2) is 0 Å². The predicted octanol–water partition coefficient (Wildman–Crippen LogP) is 4.83. The van der Waals surface area contributed by atoms with Crippen molar-refractivity contribution < 1.29 is 18.3 Å². The standard InChI is InChI=1S/C21H22F2N4O2/c1-12(2)11-29-17-8-19-25-16(13-6-7-13)10-27(19)9-14(17)21(28)26-18-5-3-4-15(24-18)20(22)23/h3-5,8-10,12-13,20H,6-7,11H2,1-2H3,(H,24,26,28). The largest absolute Gasteiger partial charge is 0.492 e. The zero-order valence-electron chi connectivity index (χ0n) is 16.2. The van der Waals surface area contributed by atoms with Crippen LogP contribution in [0.1, 0.15) is 60.8 Å². The van der Waals surface area contributed by atoms with Gasteiger partial charge in [-0.3, -0.25) is 4.79 Å². The lowest BCUT2D eigenvalue weighted by molar-refractivity contribution is 0.102. The van der Waals surface area contributed by atoms with E-state index in [9.17, 15) is 13.6 Å². The van der Waals surface area contributed by atoms with Gasteiger partial charge in [-0.25, -0.2) is 18.7 Å². The second kappa shape index (κ2) is 7.77. The number of carbonyl (C=O) groups excluding carboxylic acids is 1. The number of halogens is 2. The van der Waals surface area contributed by atoms with Crippen molar-refractivity contribution in [3.8, 4) is 5.75 Å². The van der Waals surface area contributed by atoms with Crippen LogP contribution < -0.4 is 10.1 Å². The van der Waals surface area contributed by atoms with Gasteiger partial charge in [-0.2, -0.15) is 0 Å². The third-order valence-corrected chi connectivity index (χ3v) is 4.62. The maximum atomic E-state index is 12.9. The fourth-order valence-electron chi connectivity index (χ4n) is 2.98. The fraction of sp³-hybridized carbons (Fsp3) is 0.381. The highest BCUT2D eigenvalue weighted by atomic mass is 19.3. The van der Waals surface area contributed by atoms with Crippen LogP contribution in [-0.2, 0) is 0 Å². The molecular formula is C21H22F2N4O2.